The van der Waals surface area contributed by atoms with Gasteiger partial charge in [0.05, 0.1) is 4.88 Å². The van der Waals surface area contributed by atoms with Crippen LogP contribution in [0, 0.1) is 5.92 Å². The van der Waals surface area contributed by atoms with Crippen molar-refractivity contribution < 1.29 is 8.42 Å². The van der Waals surface area contributed by atoms with Gasteiger partial charge in [-0.3, -0.25) is 0 Å². The summed E-state index contributed by atoms with van der Waals surface area (Å²) in [6.45, 7) is 4.62. The molecule has 0 spiro atoms. The summed E-state index contributed by atoms with van der Waals surface area (Å²) in [6.07, 6.45) is 1.92. The maximum Gasteiger partial charge on any atom is 0.252 e. The van der Waals surface area contributed by atoms with Gasteiger partial charge in [-0.05, 0) is 30.9 Å². The summed E-state index contributed by atoms with van der Waals surface area (Å²) in [5.74, 6) is 0.311. The summed E-state index contributed by atoms with van der Waals surface area (Å²) in [4.78, 5) is 0.891. The average Bonchev–Trinajstić information content (AvgIpc) is 2.99. The highest BCUT2D eigenvalue weighted by molar-refractivity contribution is 7.91. The van der Waals surface area contributed by atoms with Crippen molar-refractivity contribution in [3.63, 3.8) is 0 Å². The Kier molecular flexibility index (Phi) is 4.29. The average molecular weight is 318 g/mol. The highest BCUT2D eigenvalue weighted by Crippen LogP contribution is 2.34. The number of hydrogen-bond acceptors (Lipinski definition) is 4. The van der Waals surface area contributed by atoms with Crippen LogP contribution < -0.4 is 5.73 Å². The van der Waals surface area contributed by atoms with E-state index in [0.717, 1.165) is 24.2 Å². The number of sulfonamides is 1. The molecule has 1 aromatic heterocycles. The summed E-state index contributed by atoms with van der Waals surface area (Å²) >= 11 is 6.03. The molecule has 19 heavy (non-hydrogen) atoms. The quantitative estimate of drug-likeness (QED) is 0.817. The molecule has 2 N–H and O–H groups in total. The molecule has 0 radical (unpaired) electrons. The van der Waals surface area contributed by atoms with E-state index < -0.39 is 10.0 Å². The molecule has 0 amide bonds. The van der Waals surface area contributed by atoms with Crippen LogP contribution in [0.25, 0.3) is 0 Å². The lowest BCUT2D eigenvalue weighted by atomic mass is 10.2. The van der Waals surface area contributed by atoms with E-state index in [0.29, 0.717) is 21.5 Å². The molecule has 7 heteroatoms. The van der Waals surface area contributed by atoms with Gasteiger partial charge in [0.2, 0.25) is 0 Å². The lowest BCUT2D eigenvalue weighted by molar-refractivity contribution is 0.361. The summed E-state index contributed by atoms with van der Waals surface area (Å²) in [5, 5.41) is 0. The number of thiocarbonyl (C=S) groups is 1. The molecule has 1 saturated carbocycles. The minimum absolute atomic E-state index is 0.169. The molecule has 1 aromatic rings. The van der Waals surface area contributed by atoms with Gasteiger partial charge < -0.3 is 5.73 Å². The van der Waals surface area contributed by atoms with Gasteiger partial charge in [-0.25, -0.2) is 8.42 Å². The third-order valence-corrected chi connectivity index (χ3v) is 6.74. The highest BCUT2D eigenvalue weighted by Gasteiger charge is 2.38. The molecule has 0 atom stereocenters. The first kappa shape index (κ1) is 14.9. The zero-order valence-electron chi connectivity index (χ0n) is 11.0. The van der Waals surface area contributed by atoms with E-state index in [4.69, 9.17) is 18.0 Å². The number of rotatable bonds is 6. The molecule has 1 aliphatic carbocycles. The fourth-order valence-corrected chi connectivity index (χ4v) is 5.20. The lowest BCUT2D eigenvalue weighted by Crippen LogP contribution is -2.35. The Morgan fingerprint density at radius 3 is 2.58 bits per heavy atom. The molecule has 1 aliphatic rings. The third-order valence-electron chi connectivity index (χ3n) is 2.89. The normalized spacial score (nSPS) is 16.2. The smallest absolute Gasteiger partial charge is 0.252 e. The first-order valence-corrected chi connectivity index (χ1v) is 8.90. The Morgan fingerprint density at radius 2 is 2.16 bits per heavy atom. The van der Waals surface area contributed by atoms with Crippen molar-refractivity contribution in [3.05, 3.63) is 17.0 Å². The second kappa shape index (κ2) is 5.47. The summed E-state index contributed by atoms with van der Waals surface area (Å²) in [5.41, 5.74) is 5.53. The molecule has 0 unspecified atom stereocenters. The topological polar surface area (TPSA) is 63.4 Å². The van der Waals surface area contributed by atoms with E-state index in [-0.39, 0.29) is 11.0 Å². The van der Waals surface area contributed by atoms with Crippen molar-refractivity contribution in [2.24, 2.45) is 11.7 Å². The molecular formula is C12H18N2O2S3. The lowest BCUT2D eigenvalue weighted by Gasteiger charge is -2.22. The first-order valence-electron chi connectivity index (χ1n) is 6.24. The van der Waals surface area contributed by atoms with E-state index in [2.05, 4.69) is 0 Å². The fourth-order valence-electron chi connectivity index (χ4n) is 1.87. The standard InChI is InChI=1S/C12H18N2O2S3/c1-8(2)7-14(9-3-4-9)19(15,16)11-6-5-10(18-11)12(13)17/h5-6,8-9H,3-4,7H2,1-2H3,(H2,13,17). The fraction of sp³-hybridized carbons (Fsp3) is 0.583. The van der Waals surface area contributed by atoms with Crippen LogP contribution in [0.5, 0.6) is 0 Å². The van der Waals surface area contributed by atoms with Crippen molar-refractivity contribution in [3.8, 4) is 0 Å². The molecule has 0 aliphatic heterocycles. The monoisotopic (exact) mass is 318 g/mol. The molecule has 0 saturated heterocycles. The minimum atomic E-state index is -3.41. The molecule has 2 rings (SSSR count). The first-order chi connectivity index (χ1) is 8.82. The van der Waals surface area contributed by atoms with Crippen LogP contribution in [-0.2, 0) is 10.0 Å². The second-order valence-electron chi connectivity index (χ2n) is 5.18. The van der Waals surface area contributed by atoms with Crippen molar-refractivity contribution in [1.29, 1.82) is 0 Å². The van der Waals surface area contributed by atoms with Gasteiger partial charge in [0, 0.05) is 12.6 Å². The highest BCUT2D eigenvalue weighted by atomic mass is 32.2. The van der Waals surface area contributed by atoms with Crippen LogP contribution in [0.4, 0.5) is 0 Å². The van der Waals surface area contributed by atoms with Gasteiger partial charge in [-0.2, -0.15) is 4.31 Å². The zero-order chi connectivity index (χ0) is 14.2. The van der Waals surface area contributed by atoms with E-state index in [1.165, 1.54) is 0 Å². The maximum atomic E-state index is 12.6. The van der Waals surface area contributed by atoms with Gasteiger partial charge in [-0.15, -0.1) is 11.3 Å². The molecule has 106 valence electrons. The van der Waals surface area contributed by atoms with Gasteiger partial charge in [-0.1, -0.05) is 26.1 Å². The van der Waals surface area contributed by atoms with Crippen LogP contribution in [-0.4, -0.2) is 30.3 Å². The summed E-state index contributed by atoms with van der Waals surface area (Å²) in [6, 6.07) is 3.45. The summed E-state index contributed by atoms with van der Waals surface area (Å²) < 4.78 is 27.2. The molecule has 0 bridgehead atoms. The molecule has 0 aromatic carbocycles. The van der Waals surface area contributed by atoms with Gasteiger partial charge in [0.1, 0.15) is 9.20 Å². The van der Waals surface area contributed by atoms with Crippen molar-refractivity contribution >= 4 is 38.6 Å². The van der Waals surface area contributed by atoms with E-state index in [9.17, 15) is 8.42 Å². The van der Waals surface area contributed by atoms with E-state index in [1.807, 2.05) is 13.8 Å². The molecule has 1 heterocycles. The number of nitrogens with zero attached hydrogens (tertiary/aromatic N) is 1. The zero-order valence-corrected chi connectivity index (χ0v) is 13.4. The van der Waals surface area contributed by atoms with E-state index >= 15 is 0 Å². The Labute approximate surface area is 123 Å². The van der Waals surface area contributed by atoms with Crippen LogP contribution in [0.3, 0.4) is 0 Å². The Bertz CT molecular complexity index is 574. The predicted octanol–water partition coefficient (Wildman–Crippen LogP) is 2.19. The van der Waals surface area contributed by atoms with Crippen LogP contribution >= 0.6 is 23.6 Å². The Balaban J connectivity index is 2.30. The molecular weight excluding hydrogens is 300 g/mol. The van der Waals surface area contributed by atoms with Crippen LogP contribution in [0.15, 0.2) is 16.3 Å². The number of thiophene rings is 1. The van der Waals surface area contributed by atoms with Crippen molar-refractivity contribution in [2.75, 3.05) is 6.54 Å². The van der Waals surface area contributed by atoms with Gasteiger partial charge in [0.15, 0.2) is 0 Å². The Morgan fingerprint density at radius 1 is 1.53 bits per heavy atom. The Hall–Kier alpha value is -0.500. The minimum Gasteiger partial charge on any atom is -0.389 e. The predicted molar refractivity (Wildman–Crippen MR) is 82.0 cm³/mol. The largest absolute Gasteiger partial charge is 0.389 e. The van der Waals surface area contributed by atoms with Gasteiger partial charge in [0.25, 0.3) is 10.0 Å². The third kappa shape index (κ3) is 3.34. The number of nitrogens with two attached hydrogens (primary N) is 1. The maximum absolute atomic E-state index is 12.6. The molecule has 1 fully saturated rings. The van der Waals surface area contributed by atoms with Crippen LogP contribution in [0.2, 0.25) is 0 Å². The molecule has 4 nitrogen and oxygen atoms in total. The summed E-state index contributed by atoms with van der Waals surface area (Å²) in [7, 11) is -3.41. The van der Waals surface area contributed by atoms with Crippen molar-refractivity contribution in [1.82, 2.24) is 4.31 Å². The second-order valence-corrected chi connectivity index (χ2v) is 8.82. The number of hydrogen-bond donors (Lipinski definition) is 1. The SMILES string of the molecule is CC(C)CN(C1CC1)S(=O)(=O)c1ccc(C(N)=S)s1. The van der Waals surface area contributed by atoms with Crippen LogP contribution in [0.1, 0.15) is 31.6 Å². The van der Waals surface area contributed by atoms with Gasteiger partial charge >= 0.3 is 0 Å². The van der Waals surface area contributed by atoms with E-state index in [1.54, 1.807) is 16.4 Å². The van der Waals surface area contributed by atoms with Crippen molar-refractivity contribution in [2.45, 2.75) is 36.9 Å².